The normalized spacial score (nSPS) is 12.2. The van der Waals surface area contributed by atoms with Gasteiger partial charge in [0.15, 0.2) is 0 Å². The van der Waals surface area contributed by atoms with Crippen molar-refractivity contribution in [2.45, 2.75) is 59.9 Å². The van der Waals surface area contributed by atoms with Crippen LogP contribution >= 0.6 is 0 Å². The Morgan fingerprint density at radius 3 is 2.43 bits per heavy atom. The molecule has 0 radical (unpaired) electrons. The molecule has 1 atom stereocenters. The van der Waals surface area contributed by atoms with Crippen LogP contribution in [0.3, 0.4) is 0 Å². The zero-order valence-corrected chi connectivity index (χ0v) is 14.1. The van der Waals surface area contributed by atoms with Crippen LogP contribution in [0.25, 0.3) is 0 Å². The lowest BCUT2D eigenvalue weighted by Crippen LogP contribution is -2.24. The second kappa shape index (κ2) is 9.55. The Morgan fingerprint density at radius 1 is 1.10 bits per heavy atom. The van der Waals surface area contributed by atoms with Crippen molar-refractivity contribution < 1.29 is 4.74 Å². The fraction of sp³-hybridized carbons (Fsp3) is 0.750. The van der Waals surface area contributed by atoms with E-state index in [1.807, 2.05) is 6.92 Å². The first-order valence-electron chi connectivity index (χ1n) is 8.07. The van der Waals surface area contributed by atoms with Gasteiger partial charge in [-0.15, -0.1) is 0 Å². The van der Waals surface area contributed by atoms with E-state index in [-0.39, 0.29) is 6.04 Å². The highest BCUT2D eigenvalue weighted by Gasteiger charge is 2.12. The van der Waals surface area contributed by atoms with Crippen LogP contribution in [0, 0.1) is 6.92 Å². The monoisotopic (exact) mass is 294 g/mol. The molecule has 0 saturated heterocycles. The lowest BCUT2D eigenvalue weighted by atomic mass is 10.2. The standard InChI is InChI=1S/C16H30N4O/c1-6-9-14-19-15(17-10-7-2)13(5)16(20-14)18-12(4)11-21-8-3/h12H,6-11H2,1-5H3,(H2,17,18,19,20). The van der Waals surface area contributed by atoms with E-state index in [2.05, 4.69) is 48.3 Å². The van der Waals surface area contributed by atoms with E-state index in [9.17, 15) is 0 Å². The maximum atomic E-state index is 5.46. The Labute approximate surface area is 128 Å². The molecule has 1 aromatic rings. The summed E-state index contributed by atoms with van der Waals surface area (Å²) in [6.07, 6.45) is 3.02. The van der Waals surface area contributed by atoms with Gasteiger partial charge in [-0.1, -0.05) is 13.8 Å². The van der Waals surface area contributed by atoms with Crippen LogP contribution in [-0.2, 0) is 11.2 Å². The maximum absolute atomic E-state index is 5.46. The third-order valence-electron chi connectivity index (χ3n) is 3.16. The summed E-state index contributed by atoms with van der Waals surface area (Å²) in [4.78, 5) is 9.30. The van der Waals surface area contributed by atoms with Crippen molar-refractivity contribution in [2.24, 2.45) is 0 Å². The van der Waals surface area contributed by atoms with Gasteiger partial charge in [0.05, 0.1) is 6.61 Å². The summed E-state index contributed by atoms with van der Waals surface area (Å²) in [6.45, 7) is 12.8. The Bertz CT molecular complexity index is 423. The Kier molecular flexibility index (Phi) is 8.05. The second-order valence-corrected chi connectivity index (χ2v) is 5.34. The minimum absolute atomic E-state index is 0.229. The van der Waals surface area contributed by atoms with Gasteiger partial charge in [0, 0.05) is 31.2 Å². The quantitative estimate of drug-likeness (QED) is 0.692. The molecule has 120 valence electrons. The van der Waals surface area contributed by atoms with Crippen molar-refractivity contribution >= 4 is 11.6 Å². The molecule has 2 N–H and O–H groups in total. The highest BCUT2D eigenvalue weighted by atomic mass is 16.5. The summed E-state index contributed by atoms with van der Waals surface area (Å²) in [5.74, 6) is 2.76. The number of hydrogen-bond donors (Lipinski definition) is 2. The summed E-state index contributed by atoms with van der Waals surface area (Å²) in [7, 11) is 0. The van der Waals surface area contributed by atoms with E-state index in [1.165, 1.54) is 0 Å². The number of hydrogen-bond acceptors (Lipinski definition) is 5. The van der Waals surface area contributed by atoms with Crippen molar-refractivity contribution in [3.8, 4) is 0 Å². The molecule has 0 aromatic carbocycles. The van der Waals surface area contributed by atoms with E-state index in [1.54, 1.807) is 0 Å². The fourth-order valence-electron chi connectivity index (χ4n) is 2.02. The Hall–Kier alpha value is -1.36. The first-order chi connectivity index (χ1) is 10.1. The second-order valence-electron chi connectivity index (χ2n) is 5.34. The van der Waals surface area contributed by atoms with Crippen molar-refractivity contribution in [1.29, 1.82) is 0 Å². The Balaban J connectivity index is 2.90. The zero-order valence-electron chi connectivity index (χ0n) is 14.1. The van der Waals surface area contributed by atoms with Crippen LogP contribution < -0.4 is 10.6 Å². The molecule has 5 nitrogen and oxygen atoms in total. The number of ether oxygens (including phenoxy) is 1. The molecular formula is C16H30N4O. The van der Waals surface area contributed by atoms with Gasteiger partial charge in [-0.25, -0.2) is 9.97 Å². The van der Waals surface area contributed by atoms with E-state index in [0.717, 1.165) is 55.4 Å². The van der Waals surface area contributed by atoms with Crippen molar-refractivity contribution in [3.63, 3.8) is 0 Å². The number of nitrogens with zero attached hydrogens (tertiary/aromatic N) is 2. The van der Waals surface area contributed by atoms with Gasteiger partial charge in [-0.05, 0) is 33.6 Å². The predicted molar refractivity (Wildman–Crippen MR) is 89.1 cm³/mol. The first kappa shape index (κ1) is 17.7. The van der Waals surface area contributed by atoms with Crippen molar-refractivity contribution in [1.82, 2.24) is 9.97 Å². The largest absolute Gasteiger partial charge is 0.380 e. The minimum atomic E-state index is 0.229. The maximum Gasteiger partial charge on any atom is 0.135 e. The summed E-state index contributed by atoms with van der Waals surface area (Å²) in [6, 6.07) is 0.229. The molecule has 21 heavy (non-hydrogen) atoms. The van der Waals surface area contributed by atoms with Gasteiger partial charge >= 0.3 is 0 Å². The van der Waals surface area contributed by atoms with Gasteiger partial charge in [0.2, 0.25) is 0 Å². The summed E-state index contributed by atoms with van der Waals surface area (Å²) in [5, 5.41) is 6.84. The van der Waals surface area contributed by atoms with Gasteiger partial charge in [0.1, 0.15) is 17.5 Å². The average Bonchev–Trinajstić information content (AvgIpc) is 2.47. The lowest BCUT2D eigenvalue weighted by Gasteiger charge is -2.19. The van der Waals surface area contributed by atoms with Gasteiger partial charge in [-0.3, -0.25) is 0 Å². The zero-order chi connectivity index (χ0) is 15.7. The molecule has 0 spiro atoms. The molecule has 0 aliphatic rings. The summed E-state index contributed by atoms with van der Waals surface area (Å²) in [5.41, 5.74) is 1.08. The van der Waals surface area contributed by atoms with E-state index in [0.29, 0.717) is 6.61 Å². The van der Waals surface area contributed by atoms with Crippen LogP contribution in [-0.4, -0.2) is 35.8 Å². The van der Waals surface area contributed by atoms with Crippen LogP contribution in [0.1, 0.15) is 51.9 Å². The topological polar surface area (TPSA) is 59.1 Å². The molecule has 0 aliphatic carbocycles. The molecule has 5 heteroatoms. The molecule has 0 saturated carbocycles. The average molecular weight is 294 g/mol. The van der Waals surface area contributed by atoms with Crippen molar-refractivity contribution in [2.75, 3.05) is 30.4 Å². The third-order valence-corrected chi connectivity index (χ3v) is 3.16. The molecule has 0 aliphatic heterocycles. The van der Waals surface area contributed by atoms with Crippen LogP contribution in [0.15, 0.2) is 0 Å². The highest BCUT2D eigenvalue weighted by Crippen LogP contribution is 2.21. The molecule has 0 amide bonds. The Morgan fingerprint density at radius 2 is 1.81 bits per heavy atom. The lowest BCUT2D eigenvalue weighted by molar-refractivity contribution is 0.141. The fourth-order valence-corrected chi connectivity index (χ4v) is 2.02. The highest BCUT2D eigenvalue weighted by molar-refractivity contribution is 5.57. The number of nitrogens with one attached hydrogen (secondary N) is 2. The predicted octanol–water partition coefficient (Wildman–Crippen LogP) is 3.40. The van der Waals surface area contributed by atoms with Crippen LogP contribution in [0.5, 0.6) is 0 Å². The molecule has 1 heterocycles. The van der Waals surface area contributed by atoms with E-state index < -0.39 is 0 Å². The van der Waals surface area contributed by atoms with E-state index >= 15 is 0 Å². The molecular weight excluding hydrogens is 264 g/mol. The third kappa shape index (κ3) is 5.87. The molecule has 0 bridgehead atoms. The van der Waals surface area contributed by atoms with E-state index in [4.69, 9.17) is 4.74 Å². The molecule has 1 aromatic heterocycles. The van der Waals surface area contributed by atoms with Gasteiger partial charge < -0.3 is 15.4 Å². The smallest absolute Gasteiger partial charge is 0.135 e. The number of anilines is 2. The van der Waals surface area contributed by atoms with Gasteiger partial charge in [0.25, 0.3) is 0 Å². The SMILES string of the molecule is CCCNc1nc(CCC)nc(NC(C)COCC)c1C. The molecule has 1 unspecified atom stereocenters. The number of rotatable bonds is 10. The van der Waals surface area contributed by atoms with Crippen LogP contribution in [0.4, 0.5) is 11.6 Å². The summed E-state index contributed by atoms with van der Waals surface area (Å²) >= 11 is 0. The van der Waals surface area contributed by atoms with Gasteiger partial charge in [-0.2, -0.15) is 0 Å². The summed E-state index contributed by atoms with van der Waals surface area (Å²) < 4.78 is 5.46. The number of aromatic nitrogens is 2. The minimum Gasteiger partial charge on any atom is -0.380 e. The number of aryl methyl sites for hydroxylation is 1. The molecule has 1 rings (SSSR count). The van der Waals surface area contributed by atoms with Crippen LogP contribution in [0.2, 0.25) is 0 Å². The first-order valence-corrected chi connectivity index (χ1v) is 8.07. The molecule has 0 fully saturated rings. The van der Waals surface area contributed by atoms with Crippen molar-refractivity contribution in [3.05, 3.63) is 11.4 Å².